The summed E-state index contributed by atoms with van der Waals surface area (Å²) in [6, 6.07) is 16.0. The minimum absolute atomic E-state index is 0.0696. The van der Waals surface area contributed by atoms with Crippen molar-refractivity contribution < 1.29 is 24.2 Å². The van der Waals surface area contributed by atoms with Gasteiger partial charge in [-0.2, -0.15) is 0 Å². The fraction of sp³-hybridized carbons (Fsp3) is 0.364. The molecular weight excluding hydrogens is 372 g/mol. The van der Waals surface area contributed by atoms with Crippen molar-refractivity contribution >= 4 is 17.5 Å². The Hall–Kier alpha value is -2.90. The molecule has 1 heterocycles. The maximum absolute atomic E-state index is 12.4. The Kier molecular flexibility index (Phi) is 6.85. The van der Waals surface area contributed by atoms with E-state index < -0.39 is 17.4 Å². The van der Waals surface area contributed by atoms with Crippen molar-refractivity contribution in [3.63, 3.8) is 0 Å². The van der Waals surface area contributed by atoms with Crippen molar-refractivity contribution in [2.45, 2.75) is 18.4 Å². The van der Waals surface area contributed by atoms with E-state index in [4.69, 9.17) is 9.47 Å². The van der Waals surface area contributed by atoms with Crippen LogP contribution in [0.4, 0.5) is 5.69 Å². The molecule has 1 fully saturated rings. The van der Waals surface area contributed by atoms with E-state index in [0.717, 1.165) is 0 Å². The van der Waals surface area contributed by atoms with Gasteiger partial charge in [0.2, 0.25) is 0 Å². The first kappa shape index (κ1) is 20.8. The summed E-state index contributed by atoms with van der Waals surface area (Å²) in [4.78, 5) is 24.7. The van der Waals surface area contributed by atoms with E-state index in [1.54, 1.807) is 24.3 Å². The standard InChI is InChI=1S/C22H26N2O5/c1-28-19-10-6-5-9-18(19)24-21(26)20(25)23-15-22(27,16-7-3-2-4-8-16)17-11-13-29-14-12-17/h2-10,17,27H,11-15H2,1H3,(H,23,25)(H,24,26)/t22-/m1/s1. The molecule has 2 aromatic carbocycles. The Morgan fingerprint density at radius 1 is 1.07 bits per heavy atom. The van der Waals surface area contributed by atoms with Crippen molar-refractivity contribution in [1.29, 1.82) is 0 Å². The third-order valence-electron chi connectivity index (χ3n) is 5.25. The molecule has 0 saturated carbocycles. The molecule has 0 aromatic heterocycles. The zero-order valence-electron chi connectivity index (χ0n) is 16.4. The average Bonchev–Trinajstić information content (AvgIpc) is 2.78. The lowest BCUT2D eigenvalue weighted by Crippen LogP contribution is -2.49. The van der Waals surface area contributed by atoms with Crippen molar-refractivity contribution in [2.24, 2.45) is 5.92 Å². The van der Waals surface area contributed by atoms with Crippen LogP contribution in [0.15, 0.2) is 54.6 Å². The second-order valence-corrected chi connectivity index (χ2v) is 7.01. The lowest BCUT2D eigenvalue weighted by molar-refractivity contribution is -0.137. The molecule has 0 aliphatic carbocycles. The summed E-state index contributed by atoms with van der Waals surface area (Å²) < 4.78 is 10.6. The number of nitrogens with one attached hydrogen (secondary N) is 2. The molecule has 0 spiro atoms. The van der Waals surface area contributed by atoms with E-state index >= 15 is 0 Å². The molecule has 0 unspecified atom stereocenters. The van der Waals surface area contributed by atoms with Crippen molar-refractivity contribution in [3.8, 4) is 5.75 Å². The highest BCUT2D eigenvalue weighted by molar-refractivity contribution is 6.39. The van der Waals surface area contributed by atoms with Crippen molar-refractivity contribution in [1.82, 2.24) is 5.32 Å². The fourth-order valence-electron chi connectivity index (χ4n) is 3.61. The van der Waals surface area contributed by atoms with Gasteiger partial charge >= 0.3 is 11.8 Å². The van der Waals surface area contributed by atoms with Gasteiger partial charge in [-0.1, -0.05) is 42.5 Å². The molecule has 0 bridgehead atoms. The first-order valence-electron chi connectivity index (χ1n) is 9.62. The van der Waals surface area contributed by atoms with Crippen LogP contribution in [0, 0.1) is 5.92 Å². The molecule has 1 atom stereocenters. The fourth-order valence-corrected chi connectivity index (χ4v) is 3.61. The summed E-state index contributed by atoms with van der Waals surface area (Å²) in [5.74, 6) is -1.28. The Balaban J connectivity index is 1.70. The van der Waals surface area contributed by atoms with Crippen LogP contribution in [0.25, 0.3) is 0 Å². The highest BCUT2D eigenvalue weighted by Gasteiger charge is 2.39. The van der Waals surface area contributed by atoms with E-state index in [2.05, 4.69) is 10.6 Å². The van der Waals surface area contributed by atoms with E-state index in [-0.39, 0.29) is 12.5 Å². The number of rotatable bonds is 6. The van der Waals surface area contributed by atoms with Crippen LogP contribution >= 0.6 is 0 Å². The molecule has 2 amide bonds. The molecule has 1 aliphatic heterocycles. The highest BCUT2D eigenvalue weighted by Crippen LogP contribution is 2.35. The van der Waals surface area contributed by atoms with Gasteiger partial charge in [0.1, 0.15) is 11.4 Å². The van der Waals surface area contributed by atoms with Crippen molar-refractivity contribution in [3.05, 3.63) is 60.2 Å². The second kappa shape index (κ2) is 9.54. The number of hydrogen-bond donors (Lipinski definition) is 3. The molecular formula is C22H26N2O5. The minimum Gasteiger partial charge on any atom is -0.495 e. The molecule has 7 heteroatoms. The lowest BCUT2D eigenvalue weighted by Gasteiger charge is -2.39. The summed E-state index contributed by atoms with van der Waals surface area (Å²) >= 11 is 0. The lowest BCUT2D eigenvalue weighted by atomic mass is 9.77. The highest BCUT2D eigenvalue weighted by atomic mass is 16.5. The Morgan fingerprint density at radius 3 is 2.41 bits per heavy atom. The first-order valence-corrected chi connectivity index (χ1v) is 9.62. The molecule has 3 N–H and O–H groups in total. The van der Waals surface area contributed by atoms with Crippen LogP contribution in [0.2, 0.25) is 0 Å². The Labute approximate surface area is 170 Å². The number of carbonyl (C=O) groups excluding carboxylic acids is 2. The van der Waals surface area contributed by atoms with E-state index in [0.29, 0.717) is 43.1 Å². The monoisotopic (exact) mass is 398 g/mol. The topological polar surface area (TPSA) is 96.9 Å². The SMILES string of the molecule is COc1ccccc1NC(=O)C(=O)NC[C@@](O)(c1ccccc1)C1CCOCC1. The van der Waals surface area contributed by atoms with Crippen LogP contribution in [-0.4, -0.2) is 43.8 Å². The van der Waals surface area contributed by atoms with Gasteiger partial charge in [0.05, 0.1) is 19.3 Å². The zero-order valence-corrected chi connectivity index (χ0v) is 16.4. The van der Waals surface area contributed by atoms with Crippen molar-refractivity contribution in [2.75, 3.05) is 32.2 Å². The number of methoxy groups -OCH3 is 1. The summed E-state index contributed by atoms with van der Waals surface area (Å²) in [6.07, 6.45) is 1.35. The van der Waals surface area contributed by atoms with Gasteiger partial charge in [0, 0.05) is 13.2 Å². The number of ether oxygens (including phenoxy) is 2. The molecule has 0 radical (unpaired) electrons. The number of anilines is 1. The molecule has 1 saturated heterocycles. The quantitative estimate of drug-likeness (QED) is 0.648. The van der Waals surface area contributed by atoms with E-state index in [1.165, 1.54) is 7.11 Å². The number of amides is 2. The van der Waals surface area contributed by atoms with Crippen LogP contribution in [-0.2, 0) is 19.9 Å². The number of benzene rings is 2. The van der Waals surface area contributed by atoms with E-state index in [1.807, 2.05) is 30.3 Å². The van der Waals surface area contributed by atoms with Gasteiger partial charge in [-0.3, -0.25) is 9.59 Å². The van der Waals surface area contributed by atoms with Crippen LogP contribution in [0.5, 0.6) is 5.75 Å². The van der Waals surface area contributed by atoms with Crippen LogP contribution < -0.4 is 15.4 Å². The summed E-state index contributed by atoms with van der Waals surface area (Å²) in [5, 5.41) is 16.6. The zero-order chi connectivity index (χ0) is 20.7. The average molecular weight is 398 g/mol. The van der Waals surface area contributed by atoms with Crippen LogP contribution in [0.3, 0.4) is 0 Å². The molecule has 2 aromatic rings. The van der Waals surface area contributed by atoms with Crippen LogP contribution in [0.1, 0.15) is 18.4 Å². The van der Waals surface area contributed by atoms with Gasteiger partial charge in [0.25, 0.3) is 0 Å². The molecule has 7 nitrogen and oxygen atoms in total. The van der Waals surface area contributed by atoms with Gasteiger partial charge in [-0.15, -0.1) is 0 Å². The third kappa shape index (κ3) is 4.93. The Morgan fingerprint density at radius 2 is 1.72 bits per heavy atom. The number of para-hydroxylation sites is 2. The van der Waals surface area contributed by atoms with Gasteiger partial charge in [0.15, 0.2) is 0 Å². The minimum atomic E-state index is -1.29. The second-order valence-electron chi connectivity index (χ2n) is 7.01. The van der Waals surface area contributed by atoms with Gasteiger partial charge in [-0.25, -0.2) is 0 Å². The first-order chi connectivity index (χ1) is 14.0. The predicted molar refractivity (Wildman–Crippen MR) is 109 cm³/mol. The van der Waals surface area contributed by atoms with Gasteiger partial charge < -0.3 is 25.2 Å². The molecule has 29 heavy (non-hydrogen) atoms. The predicted octanol–water partition coefficient (Wildman–Crippen LogP) is 2.06. The largest absolute Gasteiger partial charge is 0.495 e. The normalized spacial score (nSPS) is 16.5. The third-order valence-corrected chi connectivity index (χ3v) is 5.25. The maximum Gasteiger partial charge on any atom is 0.313 e. The number of aliphatic hydroxyl groups is 1. The number of carbonyl (C=O) groups is 2. The smallest absolute Gasteiger partial charge is 0.313 e. The molecule has 154 valence electrons. The number of hydrogen-bond acceptors (Lipinski definition) is 5. The Bertz CT molecular complexity index is 836. The van der Waals surface area contributed by atoms with E-state index in [9.17, 15) is 14.7 Å². The summed E-state index contributed by atoms with van der Waals surface area (Å²) in [6.45, 7) is 1.05. The maximum atomic E-state index is 12.4. The molecule has 1 aliphatic rings. The summed E-state index contributed by atoms with van der Waals surface area (Å²) in [5.41, 5.74) is -0.180. The van der Waals surface area contributed by atoms with Gasteiger partial charge in [-0.05, 0) is 36.5 Å². The molecule has 3 rings (SSSR count). The summed E-state index contributed by atoms with van der Waals surface area (Å²) in [7, 11) is 1.49.